The van der Waals surface area contributed by atoms with Crippen LogP contribution in [0.5, 0.6) is 0 Å². The molecule has 2 aromatic heterocycles. The number of sulfonamides is 1. The van der Waals surface area contributed by atoms with Crippen LogP contribution in [0, 0.1) is 11.6 Å². The summed E-state index contributed by atoms with van der Waals surface area (Å²) in [5.41, 5.74) is -0.0625. The summed E-state index contributed by atoms with van der Waals surface area (Å²) in [5, 5.41) is 4.01. The predicted molar refractivity (Wildman–Crippen MR) is 195 cm³/mol. The van der Waals surface area contributed by atoms with Gasteiger partial charge in [0.2, 0.25) is 21.7 Å². The third-order valence-corrected chi connectivity index (χ3v) is 10.1. The minimum Gasteiger partial charge on any atom is -0.344 e. The van der Waals surface area contributed by atoms with Gasteiger partial charge < -0.3 is 6.15 Å². The van der Waals surface area contributed by atoms with E-state index in [0.29, 0.717) is 0 Å². The Kier molecular flexibility index (Phi) is 13.3. The monoisotopic (exact) mass is 898 g/mol. The first-order chi connectivity index (χ1) is 25.9. The molecule has 6 rings (SSSR count). The highest BCUT2D eigenvalue weighted by Crippen LogP contribution is 2.41. The van der Waals surface area contributed by atoms with Gasteiger partial charge in [-0.1, -0.05) is 47.5 Å². The summed E-state index contributed by atoms with van der Waals surface area (Å²) in [6.45, 7) is 0. The van der Waals surface area contributed by atoms with Crippen molar-refractivity contribution in [1.29, 1.82) is 0 Å². The van der Waals surface area contributed by atoms with Gasteiger partial charge in [0.25, 0.3) is 9.05 Å². The second-order valence-corrected chi connectivity index (χ2v) is 16.0. The van der Waals surface area contributed by atoms with Crippen molar-refractivity contribution in [3.63, 3.8) is 0 Å². The lowest BCUT2D eigenvalue weighted by Gasteiger charge is -2.15. The number of hydrogen-bond donors (Lipinski definition) is 2. The third kappa shape index (κ3) is 10.8. The quantitative estimate of drug-likeness (QED) is 0.0934. The molecule has 0 saturated carbocycles. The number of nitrogens with two attached hydrogens (primary N) is 1. The van der Waals surface area contributed by atoms with Gasteiger partial charge in [0.05, 0.1) is 21.2 Å². The molecule has 0 aliphatic heterocycles. The number of benzene rings is 4. The fraction of sp³-hybridized carbons (Fsp3) is 0.0588. The Bertz CT molecular complexity index is 2490. The fourth-order valence-electron chi connectivity index (χ4n) is 4.90. The van der Waals surface area contributed by atoms with Crippen LogP contribution in [0.25, 0.3) is 44.8 Å². The molecule has 0 aliphatic rings. The predicted octanol–water partition coefficient (Wildman–Crippen LogP) is 9.98. The van der Waals surface area contributed by atoms with Gasteiger partial charge in [-0.2, -0.15) is 26.3 Å². The lowest BCUT2D eigenvalue weighted by Crippen LogP contribution is -2.13. The molecule has 57 heavy (non-hydrogen) atoms. The Labute approximate surface area is 332 Å². The summed E-state index contributed by atoms with van der Waals surface area (Å²) in [7, 11) is -2.84. The van der Waals surface area contributed by atoms with E-state index in [-0.39, 0.29) is 60.7 Å². The maximum absolute atomic E-state index is 13.2. The Morgan fingerprint density at radius 1 is 0.526 bits per heavy atom. The van der Waals surface area contributed by atoms with Crippen LogP contribution in [0.3, 0.4) is 0 Å². The third-order valence-electron chi connectivity index (χ3n) is 7.33. The molecule has 23 heteroatoms. The van der Waals surface area contributed by atoms with Crippen molar-refractivity contribution in [2.24, 2.45) is 5.14 Å². The highest BCUT2D eigenvalue weighted by Gasteiger charge is 2.38. The zero-order valence-corrected chi connectivity index (χ0v) is 31.8. The number of halogens is 11. The molecule has 0 aliphatic carbocycles. The Balaban J connectivity index is 0.000000248. The van der Waals surface area contributed by atoms with Crippen LogP contribution in [0.4, 0.5) is 35.1 Å². The standard InChI is InChI=1S/C17H8Cl2F4N2O2S.C17H10ClF4N3O2S.H3N/c18-15-13(10-2-1-3-12(8-10)28(19,26)27)14(9-4-6-11(20)7-5-9)24-16(25-15)17(21,22)23;18-15-13(10-2-1-3-12(8-10)28(23,26)27)14(9-4-6-11(19)7-5-9)24-16(25-15)17(20,21)22;/h1-8H;1-8H,(H2,23,26,27);1H3. The zero-order valence-electron chi connectivity index (χ0n) is 27.9. The van der Waals surface area contributed by atoms with Gasteiger partial charge in [0, 0.05) is 32.9 Å². The Morgan fingerprint density at radius 3 is 1.21 bits per heavy atom. The first-order valence-electron chi connectivity index (χ1n) is 14.9. The van der Waals surface area contributed by atoms with Gasteiger partial charge in [-0.25, -0.2) is 50.7 Å². The summed E-state index contributed by atoms with van der Waals surface area (Å²) in [5.74, 6) is -4.17. The van der Waals surface area contributed by atoms with Gasteiger partial charge >= 0.3 is 12.4 Å². The second-order valence-electron chi connectivity index (χ2n) is 11.2. The molecule has 5 N–H and O–H groups in total. The van der Waals surface area contributed by atoms with Gasteiger partial charge in [-0.15, -0.1) is 0 Å². The van der Waals surface area contributed by atoms with Crippen molar-refractivity contribution >= 4 is 53.0 Å². The minimum absolute atomic E-state index is 0. The lowest BCUT2D eigenvalue weighted by molar-refractivity contribution is -0.145. The van der Waals surface area contributed by atoms with E-state index in [1.54, 1.807) is 0 Å². The molecule has 0 atom stereocenters. The zero-order chi connectivity index (χ0) is 41.4. The van der Waals surface area contributed by atoms with Gasteiger partial charge in [0.1, 0.15) is 21.9 Å². The van der Waals surface area contributed by atoms with Crippen molar-refractivity contribution in [1.82, 2.24) is 26.1 Å². The van der Waals surface area contributed by atoms with E-state index in [9.17, 15) is 52.0 Å². The molecule has 0 bridgehead atoms. The van der Waals surface area contributed by atoms with Crippen molar-refractivity contribution < 1.29 is 52.0 Å². The van der Waals surface area contributed by atoms with Crippen molar-refractivity contribution in [3.8, 4) is 44.8 Å². The second kappa shape index (κ2) is 16.9. The largest absolute Gasteiger partial charge is 0.451 e. The number of alkyl halides is 6. The molecule has 2 heterocycles. The van der Waals surface area contributed by atoms with E-state index < -0.39 is 65.0 Å². The molecule has 300 valence electrons. The smallest absolute Gasteiger partial charge is 0.344 e. The Hall–Kier alpha value is -4.83. The number of hydrogen-bond acceptors (Lipinski definition) is 9. The van der Waals surface area contributed by atoms with Crippen LogP contribution in [-0.4, -0.2) is 36.8 Å². The number of rotatable bonds is 6. The average molecular weight is 900 g/mol. The van der Waals surface area contributed by atoms with Crippen molar-refractivity contribution in [3.05, 3.63) is 131 Å². The highest BCUT2D eigenvalue weighted by molar-refractivity contribution is 8.13. The van der Waals surface area contributed by atoms with E-state index in [0.717, 1.165) is 36.4 Å². The van der Waals surface area contributed by atoms with Crippen LogP contribution in [-0.2, 0) is 31.4 Å². The van der Waals surface area contributed by atoms with Crippen LogP contribution >= 0.6 is 33.9 Å². The topological polar surface area (TPSA) is 181 Å². The van der Waals surface area contributed by atoms with Crippen LogP contribution in [0.1, 0.15) is 11.6 Å². The van der Waals surface area contributed by atoms with Gasteiger partial charge in [0.15, 0.2) is 0 Å². The van der Waals surface area contributed by atoms with E-state index >= 15 is 0 Å². The minimum atomic E-state index is -4.88. The van der Waals surface area contributed by atoms with E-state index in [1.807, 2.05) is 0 Å². The molecule has 0 spiro atoms. The first kappa shape index (κ1) is 44.9. The van der Waals surface area contributed by atoms with Gasteiger partial charge in [-0.05, 0) is 83.9 Å². The molecular formula is C34H21Cl3F8N6O4S2. The summed E-state index contributed by atoms with van der Waals surface area (Å²) in [6, 6.07) is 19.3. The van der Waals surface area contributed by atoms with E-state index in [1.165, 1.54) is 60.7 Å². The average Bonchev–Trinajstić information content (AvgIpc) is 3.10. The van der Waals surface area contributed by atoms with Crippen molar-refractivity contribution in [2.75, 3.05) is 0 Å². The number of nitrogens with zero attached hydrogens (tertiary/aromatic N) is 4. The fourth-order valence-corrected chi connectivity index (χ4v) is 6.81. The molecule has 10 nitrogen and oxygen atoms in total. The first-order valence-corrected chi connectivity index (χ1v) is 19.5. The van der Waals surface area contributed by atoms with E-state index in [4.69, 9.17) is 39.0 Å². The van der Waals surface area contributed by atoms with Crippen LogP contribution in [0.2, 0.25) is 10.3 Å². The lowest BCUT2D eigenvalue weighted by atomic mass is 10.0. The number of aromatic nitrogens is 4. The van der Waals surface area contributed by atoms with Crippen molar-refractivity contribution in [2.45, 2.75) is 22.1 Å². The summed E-state index contributed by atoms with van der Waals surface area (Å²) in [4.78, 5) is 13.1. The van der Waals surface area contributed by atoms with E-state index in [2.05, 4.69) is 19.9 Å². The highest BCUT2D eigenvalue weighted by atomic mass is 35.7. The maximum atomic E-state index is 13.2. The Morgan fingerprint density at radius 2 is 0.877 bits per heavy atom. The molecule has 6 aromatic rings. The summed E-state index contributed by atoms with van der Waals surface area (Å²) < 4.78 is 152. The molecule has 4 aromatic carbocycles. The molecule has 0 saturated heterocycles. The summed E-state index contributed by atoms with van der Waals surface area (Å²) >= 11 is 12.0. The summed E-state index contributed by atoms with van der Waals surface area (Å²) in [6.07, 6.45) is -9.75. The molecule has 0 amide bonds. The number of primary sulfonamides is 1. The molecule has 0 fully saturated rings. The van der Waals surface area contributed by atoms with Crippen LogP contribution in [0.15, 0.2) is 107 Å². The molecule has 0 radical (unpaired) electrons. The maximum Gasteiger partial charge on any atom is 0.451 e. The normalized spacial score (nSPS) is 12.0. The molecular weight excluding hydrogens is 879 g/mol. The van der Waals surface area contributed by atoms with Crippen LogP contribution < -0.4 is 11.3 Å². The SMILES string of the molecule is N.NS(=O)(=O)c1cccc(-c2c(Cl)nc(C(F)(F)F)nc2-c2ccc(F)cc2)c1.O=S(=O)(Cl)c1cccc(-c2c(Cl)nc(C(F)(F)F)nc2-c2ccc(F)cc2)c1. The molecule has 0 unspecified atom stereocenters. The van der Waals surface area contributed by atoms with Gasteiger partial charge in [-0.3, -0.25) is 0 Å².